The van der Waals surface area contributed by atoms with Crippen molar-refractivity contribution in [1.82, 2.24) is 0 Å². The molecule has 1 aromatic rings. The average Bonchev–Trinajstić information content (AvgIpc) is 2.75. The Balaban J connectivity index is 1.88. The fourth-order valence-corrected chi connectivity index (χ4v) is 3.29. The zero-order valence-corrected chi connectivity index (χ0v) is 20.1. The van der Waals surface area contributed by atoms with Gasteiger partial charge in [0.2, 0.25) is 0 Å². The number of unbranched alkanes of at least 4 members (excludes halogenated alkanes) is 7. The first kappa shape index (κ1) is 27.4. The van der Waals surface area contributed by atoms with Crippen LogP contribution in [0.3, 0.4) is 0 Å². The van der Waals surface area contributed by atoms with Gasteiger partial charge in [0.05, 0.1) is 47.1 Å². The molecule has 0 unspecified atom stereocenters. The molecule has 178 valence electrons. The molecule has 0 saturated carbocycles. The molecule has 1 amide bonds. The van der Waals surface area contributed by atoms with E-state index in [1.54, 1.807) is 0 Å². The van der Waals surface area contributed by atoms with Gasteiger partial charge >= 0.3 is 6.09 Å². The summed E-state index contributed by atoms with van der Waals surface area (Å²) in [5.74, 6) is 0. The van der Waals surface area contributed by atoms with Crippen LogP contribution in [0.4, 0.5) is 10.5 Å². The molecule has 0 spiro atoms. The second kappa shape index (κ2) is 18.0. The third-order valence-corrected chi connectivity index (χ3v) is 5.31. The van der Waals surface area contributed by atoms with E-state index in [9.17, 15) is 4.79 Å². The molecule has 1 rings (SSSR count). The lowest BCUT2D eigenvalue weighted by Crippen LogP contribution is -2.43. The average molecular weight is 438 g/mol. The van der Waals surface area contributed by atoms with Crippen LogP contribution in [0.25, 0.3) is 0 Å². The SMILES string of the molecule is CCCCCCCCCC[N+](C)(C)CCOCCOCCOC(=O)Nc1ccccc1. The predicted octanol–water partition coefficient (Wildman–Crippen LogP) is 5.49. The third kappa shape index (κ3) is 16.7. The van der Waals surface area contributed by atoms with Crippen molar-refractivity contribution in [3.63, 3.8) is 0 Å². The first-order valence-electron chi connectivity index (χ1n) is 12.0. The Kier molecular flexibility index (Phi) is 15.9. The van der Waals surface area contributed by atoms with Crippen LogP contribution in [0.1, 0.15) is 58.3 Å². The first-order valence-corrected chi connectivity index (χ1v) is 12.0. The van der Waals surface area contributed by atoms with Crippen LogP contribution in [-0.4, -0.2) is 70.8 Å². The van der Waals surface area contributed by atoms with E-state index in [0.717, 1.165) is 17.6 Å². The molecular weight excluding hydrogens is 392 g/mol. The molecule has 0 aliphatic carbocycles. The number of anilines is 1. The molecule has 6 nitrogen and oxygen atoms in total. The summed E-state index contributed by atoms with van der Waals surface area (Å²) in [4.78, 5) is 11.6. The quantitative estimate of drug-likeness (QED) is 0.230. The zero-order valence-electron chi connectivity index (χ0n) is 20.1. The summed E-state index contributed by atoms with van der Waals surface area (Å²) < 4.78 is 17.2. The highest BCUT2D eigenvalue weighted by Crippen LogP contribution is 2.10. The van der Waals surface area contributed by atoms with Gasteiger partial charge in [-0.3, -0.25) is 5.32 Å². The monoisotopic (exact) mass is 437 g/mol. The normalized spacial score (nSPS) is 11.5. The van der Waals surface area contributed by atoms with Crippen molar-refractivity contribution < 1.29 is 23.5 Å². The Bertz CT molecular complexity index is 552. The minimum absolute atomic E-state index is 0.223. The van der Waals surface area contributed by atoms with Gasteiger partial charge in [-0.1, -0.05) is 63.6 Å². The van der Waals surface area contributed by atoms with E-state index >= 15 is 0 Å². The number of nitrogens with one attached hydrogen (secondary N) is 1. The molecule has 0 radical (unpaired) electrons. The highest BCUT2D eigenvalue weighted by molar-refractivity contribution is 5.84. The van der Waals surface area contributed by atoms with Crippen LogP contribution in [0.5, 0.6) is 0 Å². The van der Waals surface area contributed by atoms with E-state index in [-0.39, 0.29) is 6.61 Å². The second-order valence-electron chi connectivity index (χ2n) is 8.71. The molecule has 0 aliphatic rings. The molecule has 0 saturated heterocycles. The summed E-state index contributed by atoms with van der Waals surface area (Å²) in [6.07, 6.45) is 10.4. The molecule has 1 N–H and O–H groups in total. The lowest BCUT2D eigenvalue weighted by atomic mass is 10.1. The topological polar surface area (TPSA) is 56.8 Å². The van der Waals surface area contributed by atoms with Gasteiger partial charge in [0, 0.05) is 5.69 Å². The Morgan fingerprint density at radius 3 is 2.03 bits per heavy atom. The molecule has 0 aliphatic heterocycles. The van der Waals surface area contributed by atoms with Crippen molar-refractivity contribution in [2.45, 2.75) is 58.3 Å². The highest BCUT2D eigenvalue weighted by atomic mass is 16.6. The summed E-state index contributed by atoms with van der Waals surface area (Å²) >= 11 is 0. The van der Waals surface area contributed by atoms with Gasteiger partial charge < -0.3 is 18.7 Å². The minimum atomic E-state index is -0.470. The van der Waals surface area contributed by atoms with Crippen molar-refractivity contribution in [2.75, 3.05) is 65.5 Å². The molecule has 0 fully saturated rings. The van der Waals surface area contributed by atoms with Crippen molar-refractivity contribution in [1.29, 1.82) is 0 Å². The number of ether oxygens (including phenoxy) is 3. The fraction of sp³-hybridized carbons (Fsp3) is 0.720. The lowest BCUT2D eigenvalue weighted by molar-refractivity contribution is -0.891. The Morgan fingerprint density at radius 1 is 0.774 bits per heavy atom. The number of hydrogen-bond donors (Lipinski definition) is 1. The maximum absolute atomic E-state index is 11.6. The van der Waals surface area contributed by atoms with Gasteiger partial charge in [0.15, 0.2) is 0 Å². The molecule has 6 heteroatoms. The number of para-hydroxylation sites is 1. The summed E-state index contributed by atoms with van der Waals surface area (Å²) in [6, 6.07) is 9.23. The maximum Gasteiger partial charge on any atom is 0.411 e. The molecular formula is C25H45N2O4+. The Labute approximate surface area is 189 Å². The number of benzene rings is 1. The fourth-order valence-electron chi connectivity index (χ4n) is 3.29. The summed E-state index contributed by atoms with van der Waals surface area (Å²) in [6.45, 7) is 6.89. The van der Waals surface area contributed by atoms with E-state index in [1.165, 1.54) is 57.9 Å². The largest absolute Gasteiger partial charge is 0.447 e. The second-order valence-corrected chi connectivity index (χ2v) is 8.71. The van der Waals surface area contributed by atoms with Gasteiger partial charge in [-0.05, 0) is 25.0 Å². The highest BCUT2D eigenvalue weighted by Gasteiger charge is 2.13. The van der Waals surface area contributed by atoms with Crippen LogP contribution in [0, 0.1) is 0 Å². The predicted molar refractivity (Wildman–Crippen MR) is 128 cm³/mol. The number of amides is 1. The lowest BCUT2D eigenvalue weighted by Gasteiger charge is -2.29. The zero-order chi connectivity index (χ0) is 22.6. The summed E-state index contributed by atoms with van der Waals surface area (Å²) in [7, 11) is 4.55. The number of hydrogen-bond acceptors (Lipinski definition) is 4. The van der Waals surface area contributed by atoms with Gasteiger partial charge in [-0.15, -0.1) is 0 Å². The van der Waals surface area contributed by atoms with Crippen LogP contribution in [0.2, 0.25) is 0 Å². The number of quaternary nitrogens is 1. The van der Waals surface area contributed by atoms with Crippen molar-refractivity contribution in [3.05, 3.63) is 30.3 Å². The van der Waals surface area contributed by atoms with Crippen LogP contribution >= 0.6 is 0 Å². The van der Waals surface area contributed by atoms with Crippen LogP contribution in [-0.2, 0) is 14.2 Å². The van der Waals surface area contributed by atoms with Crippen LogP contribution in [0.15, 0.2) is 30.3 Å². The van der Waals surface area contributed by atoms with E-state index in [2.05, 4.69) is 26.3 Å². The molecule has 31 heavy (non-hydrogen) atoms. The number of rotatable bonds is 19. The van der Waals surface area contributed by atoms with Gasteiger partial charge in [-0.25, -0.2) is 4.79 Å². The molecule has 0 bridgehead atoms. The summed E-state index contributed by atoms with van der Waals surface area (Å²) in [5.41, 5.74) is 0.713. The van der Waals surface area contributed by atoms with Gasteiger partial charge in [-0.2, -0.15) is 0 Å². The van der Waals surface area contributed by atoms with E-state index in [4.69, 9.17) is 14.2 Å². The third-order valence-electron chi connectivity index (χ3n) is 5.31. The van der Waals surface area contributed by atoms with Crippen molar-refractivity contribution >= 4 is 11.8 Å². The van der Waals surface area contributed by atoms with Crippen molar-refractivity contribution in [3.8, 4) is 0 Å². The maximum atomic E-state index is 11.6. The first-order chi connectivity index (χ1) is 15.0. The number of likely N-dealkylation sites (N-methyl/N-ethyl adjacent to an activating group) is 1. The standard InChI is InChI=1S/C25H44N2O4/c1-4-5-6-7-8-9-10-14-17-27(2,3)18-19-29-20-21-30-22-23-31-25(28)26-24-15-12-11-13-16-24/h11-13,15-16H,4-10,14,17-23H2,1-3H3/p+1. The van der Waals surface area contributed by atoms with E-state index in [0.29, 0.717) is 25.5 Å². The smallest absolute Gasteiger partial charge is 0.411 e. The van der Waals surface area contributed by atoms with Gasteiger partial charge in [0.25, 0.3) is 0 Å². The minimum Gasteiger partial charge on any atom is -0.447 e. The molecule has 1 aromatic carbocycles. The van der Waals surface area contributed by atoms with E-state index < -0.39 is 6.09 Å². The van der Waals surface area contributed by atoms with Crippen LogP contribution < -0.4 is 5.32 Å². The Morgan fingerprint density at radius 2 is 1.35 bits per heavy atom. The molecule has 0 heterocycles. The molecule has 0 atom stereocenters. The van der Waals surface area contributed by atoms with Gasteiger partial charge in [0.1, 0.15) is 13.2 Å². The molecule has 0 aromatic heterocycles. The number of nitrogens with zero attached hydrogens (tertiary/aromatic N) is 1. The number of carbonyl (C=O) groups excluding carboxylic acids is 1. The number of carbonyl (C=O) groups is 1. The van der Waals surface area contributed by atoms with E-state index in [1.807, 2.05) is 30.3 Å². The summed E-state index contributed by atoms with van der Waals surface area (Å²) in [5, 5.41) is 2.66. The Hall–Kier alpha value is -1.63. The van der Waals surface area contributed by atoms with Crippen molar-refractivity contribution in [2.24, 2.45) is 0 Å².